The van der Waals surface area contributed by atoms with Crippen LogP contribution in [0.3, 0.4) is 0 Å². The summed E-state index contributed by atoms with van der Waals surface area (Å²) in [5.74, 6) is -0.153. The number of nitrogens with two attached hydrogens (primary N) is 1. The lowest BCUT2D eigenvalue weighted by Crippen LogP contribution is -2.65. The van der Waals surface area contributed by atoms with Gasteiger partial charge < -0.3 is 15.2 Å². The number of likely N-dealkylation sites (N-methyl/N-ethyl adjacent to an activating group) is 1. The lowest BCUT2D eigenvalue weighted by Gasteiger charge is -2.43. The summed E-state index contributed by atoms with van der Waals surface area (Å²) >= 11 is 0. The van der Waals surface area contributed by atoms with Gasteiger partial charge in [-0.1, -0.05) is 27.7 Å². The van der Waals surface area contributed by atoms with Gasteiger partial charge in [0.15, 0.2) is 0 Å². The van der Waals surface area contributed by atoms with Crippen molar-refractivity contribution in [2.24, 2.45) is 17.6 Å². The van der Waals surface area contributed by atoms with Crippen LogP contribution >= 0.6 is 0 Å². The molecule has 1 amide bonds. The highest BCUT2D eigenvalue weighted by Gasteiger charge is 2.47. The fourth-order valence-electron chi connectivity index (χ4n) is 3.37. The predicted molar refractivity (Wildman–Crippen MR) is 104 cm³/mol. The molecule has 0 saturated heterocycles. The van der Waals surface area contributed by atoms with Crippen molar-refractivity contribution in [2.45, 2.75) is 85.1 Å². The number of rotatable bonds is 9. The second kappa shape index (κ2) is 9.81. The van der Waals surface area contributed by atoms with Crippen molar-refractivity contribution in [2.75, 3.05) is 21.2 Å². The molecule has 0 radical (unpaired) electrons. The van der Waals surface area contributed by atoms with Gasteiger partial charge in [0.25, 0.3) is 0 Å². The zero-order valence-corrected chi connectivity index (χ0v) is 18.5. The molecule has 26 heavy (non-hydrogen) atoms. The Balaban J connectivity index is 5.69. The number of amides is 1. The lowest BCUT2D eigenvalue weighted by molar-refractivity contribution is -0.850. The van der Waals surface area contributed by atoms with Crippen LogP contribution in [0.5, 0.6) is 0 Å². The Bertz CT molecular complexity index is 469. The Hall–Kier alpha value is -0.980. The zero-order chi connectivity index (χ0) is 20.9. The number of esters is 1. The summed E-state index contributed by atoms with van der Waals surface area (Å²) in [6.07, 6.45) is 0.539. The van der Waals surface area contributed by atoms with E-state index in [2.05, 4.69) is 13.8 Å². The van der Waals surface area contributed by atoms with Crippen LogP contribution < -0.4 is 5.73 Å². The van der Waals surface area contributed by atoms with E-state index in [1.165, 1.54) is 0 Å². The molecule has 0 aliphatic heterocycles. The Morgan fingerprint density at radius 1 is 1.12 bits per heavy atom. The monoisotopic (exact) mass is 373 g/mol. The van der Waals surface area contributed by atoms with Crippen molar-refractivity contribution >= 4 is 11.9 Å². The SMILES string of the molecule is CCC(C)C(C(CC(=O)OC(C)(C)C)OC)[N+](C)(C)C(=O)C(N)C(C)C. The average Bonchev–Trinajstić information content (AvgIpc) is 2.49. The molecule has 0 spiro atoms. The summed E-state index contributed by atoms with van der Waals surface area (Å²) in [6, 6.07) is -0.759. The highest BCUT2D eigenvalue weighted by molar-refractivity contribution is 5.75. The van der Waals surface area contributed by atoms with Gasteiger partial charge in [0.2, 0.25) is 0 Å². The molecule has 0 aliphatic carbocycles. The van der Waals surface area contributed by atoms with Gasteiger partial charge in [0, 0.05) is 13.0 Å². The molecule has 0 saturated carbocycles. The maximum absolute atomic E-state index is 13.1. The summed E-state index contributed by atoms with van der Waals surface area (Å²) in [4.78, 5) is 25.4. The van der Waals surface area contributed by atoms with Gasteiger partial charge in [-0.25, -0.2) is 4.79 Å². The third-order valence-electron chi connectivity index (χ3n) is 5.02. The summed E-state index contributed by atoms with van der Waals surface area (Å²) in [5, 5.41) is 0. The molecule has 0 fully saturated rings. The first-order valence-corrected chi connectivity index (χ1v) is 9.57. The molecule has 4 atom stereocenters. The van der Waals surface area contributed by atoms with E-state index in [-0.39, 0.29) is 40.7 Å². The molecule has 6 heteroatoms. The van der Waals surface area contributed by atoms with Gasteiger partial charge in [0.1, 0.15) is 23.8 Å². The number of nitrogens with zero attached hydrogens (tertiary/aromatic N) is 1. The maximum atomic E-state index is 13.1. The second-order valence-corrected chi connectivity index (χ2v) is 9.09. The molecule has 0 aromatic rings. The number of hydrogen-bond donors (Lipinski definition) is 1. The Morgan fingerprint density at radius 3 is 1.96 bits per heavy atom. The van der Waals surface area contributed by atoms with Crippen LogP contribution in [0.2, 0.25) is 0 Å². The Kier molecular flexibility index (Phi) is 9.44. The molecule has 154 valence electrons. The van der Waals surface area contributed by atoms with Crippen molar-refractivity contribution in [1.82, 2.24) is 0 Å². The van der Waals surface area contributed by atoms with Crippen LogP contribution in [0.25, 0.3) is 0 Å². The third kappa shape index (κ3) is 6.97. The summed E-state index contributed by atoms with van der Waals surface area (Å²) in [7, 11) is 5.31. The van der Waals surface area contributed by atoms with Crippen LogP contribution in [-0.2, 0) is 19.1 Å². The molecular formula is C20H41N2O4+. The van der Waals surface area contributed by atoms with Gasteiger partial charge in [-0.2, -0.15) is 0 Å². The highest BCUT2D eigenvalue weighted by Crippen LogP contribution is 2.28. The molecule has 2 N–H and O–H groups in total. The van der Waals surface area contributed by atoms with Crippen LogP contribution in [0, 0.1) is 11.8 Å². The van der Waals surface area contributed by atoms with E-state index in [0.29, 0.717) is 0 Å². The van der Waals surface area contributed by atoms with Gasteiger partial charge in [-0.05, 0) is 33.1 Å². The van der Waals surface area contributed by atoms with E-state index in [9.17, 15) is 9.59 Å². The second-order valence-electron chi connectivity index (χ2n) is 9.09. The van der Waals surface area contributed by atoms with Crippen molar-refractivity contribution in [3.63, 3.8) is 0 Å². The fraction of sp³-hybridized carbons (Fsp3) is 0.900. The van der Waals surface area contributed by atoms with Crippen molar-refractivity contribution in [3.05, 3.63) is 0 Å². The minimum atomic E-state index is -0.560. The van der Waals surface area contributed by atoms with Gasteiger partial charge in [-0.15, -0.1) is 0 Å². The van der Waals surface area contributed by atoms with Crippen molar-refractivity contribution < 1.29 is 23.5 Å². The van der Waals surface area contributed by atoms with Crippen LogP contribution in [-0.4, -0.2) is 61.4 Å². The van der Waals surface area contributed by atoms with Crippen LogP contribution in [0.4, 0.5) is 0 Å². The zero-order valence-electron chi connectivity index (χ0n) is 18.5. The van der Waals surface area contributed by atoms with Gasteiger partial charge in [-0.3, -0.25) is 9.28 Å². The number of hydrogen-bond acceptors (Lipinski definition) is 5. The minimum Gasteiger partial charge on any atom is -0.460 e. The summed E-state index contributed by atoms with van der Waals surface area (Å²) in [6.45, 7) is 13.5. The largest absolute Gasteiger partial charge is 0.460 e. The van der Waals surface area contributed by atoms with E-state index < -0.39 is 17.7 Å². The quantitative estimate of drug-likeness (QED) is 0.497. The van der Waals surface area contributed by atoms with E-state index in [1.54, 1.807) is 7.11 Å². The van der Waals surface area contributed by atoms with E-state index in [1.807, 2.05) is 48.7 Å². The normalized spacial score (nSPS) is 17.5. The first-order valence-electron chi connectivity index (χ1n) is 9.57. The molecule has 0 heterocycles. The van der Waals surface area contributed by atoms with Gasteiger partial charge in [0.05, 0.1) is 20.5 Å². The molecule has 4 unspecified atom stereocenters. The van der Waals surface area contributed by atoms with E-state index in [4.69, 9.17) is 15.2 Å². The highest BCUT2D eigenvalue weighted by atomic mass is 16.6. The summed E-state index contributed by atoms with van der Waals surface area (Å²) in [5.41, 5.74) is 5.60. The van der Waals surface area contributed by atoms with Crippen LogP contribution in [0.1, 0.15) is 61.3 Å². The smallest absolute Gasteiger partial charge is 0.330 e. The molecular weight excluding hydrogens is 332 g/mol. The minimum absolute atomic E-state index is 0.0449. The number of quaternary nitrogens is 1. The number of ether oxygens (including phenoxy) is 2. The molecule has 0 aromatic carbocycles. The number of carbonyl (C=O) groups excluding carboxylic acids is 2. The molecule has 0 aliphatic rings. The molecule has 0 bridgehead atoms. The topological polar surface area (TPSA) is 78.6 Å². The fourth-order valence-corrected chi connectivity index (χ4v) is 3.37. The molecule has 0 aromatic heterocycles. The lowest BCUT2D eigenvalue weighted by atomic mass is 9.88. The van der Waals surface area contributed by atoms with Gasteiger partial charge >= 0.3 is 11.9 Å². The maximum Gasteiger partial charge on any atom is 0.330 e. The van der Waals surface area contributed by atoms with Crippen molar-refractivity contribution in [1.29, 1.82) is 0 Å². The predicted octanol–water partition coefficient (Wildman–Crippen LogP) is 2.73. The molecule has 0 rings (SSSR count). The average molecular weight is 374 g/mol. The first kappa shape index (κ1) is 25.0. The number of carbonyl (C=O) groups is 2. The third-order valence-corrected chi connectivity index (χ3v) is 5.02. The van der Waals surface area contributed by atoms with E-state index in [0.717, 1.165) is 6.42 Å². The summed E-state index contributed by atoms with van der Waals surface area (Å²) < 4.78 is 11.2. The molecule has 6 nitrogen and oxygen atoms in total. The first-order chi connectivity index (χ1) is 11.7. The van der Waals surface area contributed by atoms with Crippen LogP contribution in [0.15, 0.2) is 0 Å². The van der Waals surface area contributed by atoms with Crippen molar-refractivity contribution in [3.8, 4) is 0 Å². The Labute approximate surface area is 160 Å². The Morgan fingerprint density at radius 2 is 1.62 bits per heavy atom. The standard InChI is InChI=1S/C20H41N2O4/c1-11-14(4)18(22(8,9)19(24)17(21)13(2)3)15(25-10)12-16(23)26-20(5,6)7/h13-15,17-18H,11-12,21H2,1-10H3/q+1. The van der Waals surface area contributed by atoms with E-state index >= 15 is 0 Å². The number of methoxy groups -OCH3 is 1.